The monoisotopic (exact) mass is 347 g/mol. The molecule has 2 fully saturated rings. The third-order valence-corrected chi connectivity index (χ3v) is 5.64. The molecule has 0 bridgehead atoms. The van der Waals surface area contributed by atoms with Crippen molar-refractivity contribution in [1.82, 2.24) is 14.7 Å². The fraction of sp³-hybridized carbons (Fsp3) is 0.579. The Kier molecular flexibility index (Phi) is 4.82. The third kappa shape index (κ3) is 3.40. The van der Waals surface area contributed by atoms with Gasteiger partial charge >= 0.3 is 0 Å². The van der Waals surface area contributed by atoms with E-state index in [1.54, 1.807) is 31.1 Å². The van der Waals surface area contributed by atoms with Gasteiger partial charge in [-0.1, -0.05) is 19.1 Å². The molecule has 0 unspecified atom stereocenters. The van der Waals surface area contributed by atoms with Gasteiger partial charge in [-0.2, -0.15) is 0 Å². The van der Waals surface area contributed by atoms with Crippen LogP contribution in [0.25, 0.3) is 0 Å². The predicted octanol–water partition coefficient (Wildman–Crippen LogP) is 1.58. The number of amides is 2. The molecule has 2 heterocycles. The van der Waals surface area contributed by atoms with Crippen LogP contribution in [0.3, 0.4) is 0 Å². The van der Waals surface area contributed by atoms with Crippen molar-refractivity contribution in [3.05, 3.63) is 35.6 Å². The van der Waals surface area contributed by atoms with Crippen molar-refractivity contribution >= 4 is 11.8 Å². The smallest absolute Gasteiger partial charge is 0.241 e. The average molecular weight is 347 g/mol. The van der Waals surface area contributed by atoms with Gasteiger partial charge in [0.2, 0.25) is 11.8 Å². The van der Waals surface area contributed by atoms with Gasteiger partial charge in [-0.05, 0) is 30.0 Å². The van der Waals surface area contributed by atoms with Crippen molar-refractivity contribution in [2.75, 3.05) is 40.3 Å². The number of likely N-dealkylation sites (tertiary alicyclic amines) is 2. The Bertz CT molecular complexity index is 678. The Balaban J connectivity index is 1.68. The van der Waals surface area contributed by atoms with Gasteiger partial charge in [0.1, 0.15) is 5.82 Å². The van der Waals surface area contributed by atoms with E-state index >= 15 is 0 Å². The minimum Gasteiger partial charge on any atom is -0.347 e. The molecule has 1 spiro atoms. The minimum absolute atomic E-state index is 0.0485. The van der Waals surface area contributed by atoms with Crippen molar-refractivity contribution in [3.8, 4) is 0 Å². The lowest BCUT2D eigenvalue weighted by molar-refractivity contribution is -0.142. The van der Waals surface area contributed by atoms with Crippen molar-refractivity contribution in [1.29, 1.82) is 0 Å². The van der Waals surface area contributed by atoms with Gasteiger partial charge in [-0.15, -0.1) is 0 Å². The first-order chi connectivity index (χ1) is 11.8. The average Bonchev–Trinajstić information content (AvgIpc) is 3.02. The van der Waals surface area contributed by atoms with Crippen LogP contribution in [0.1, 0.15) is 18.9 Å². The summed E-state index contributed by atoms with van der Waals surface area (Å²) in [6.07, 6.45) is 0.785. The molecular weight excluding hydrogens is 321 g/mol. The number of carbonyl (C=O) groups is 2. The summed E-state index contributed by atoms with van der Waals surface area (Å²) >= 11 is 0. The van der Waals surface area contributed by atoms with Gasteiger partial charge in [0.25, 0.3) is 0 Å². The van der Waals surface area contributed by atoms with Crippen molar-refractivity contribution < 1.29 is 14.0 Å². The number of nitrogens with zero attached hydrogens (tertiary/aromatic N) is 3. The number of carbonyl (C=O) groups excluding carboxylic acids is 2. The quantitative estimate of drug-likeness (QED) is 0.831. The standard InChI is InChI=1S/C19H26FN3O2/c1-14-10-22(11-15-5-4-6-16(20)9-15)13-19(14)7-8-23(18(19)25)12-17(24)21(2)3/h4-6,9,14H,7-8,10-13H2,1-3H3/t14-,19-/m0/s1. The summed E-state index contributed by atoms with van der Waals surface area (Å²) in [5, 5.41) is 0. The van der Waals surface area contributed by atoms with Crippen molar-refractivity contribution in [2.45, 2.75) is 19.9 Å². The summed E-state index contributed by atoms with van der Waals surface area (Å²) in [4.78, 5) is 30.4. The zero-order chi connectivity index (χ0) is 18.2. The highest BCUT2D eigenvalue weighted by molar-refractivity contribution is 5.90. The Labute approximate surface area is 148 Å². The summed E-state index contributed by atoms with van der Waals surface area (Å²) in [7, 11) is 3.41. The maximum atomic E-state index is 13.4. The minimum atomic E-state index is -0.403. The molecular formula is C19H26FN3O2. The predicted molar refractivity (Wildman–Crippen MR) is 93.2 cm³/mol. The normalized spacial score (nSPS) is 26.6. The second kappa shape index (κ2) is 6.75. The maximum absolute atomic E-state index is 13.4. The molecule has 2 aliphatic heterocycles. The van der Waals surface area contributed by atoms with E-state index in [0.717, 1.165) is 18.5 Å². The first kappa shape index (κ1) is 17.9. The van der Waals surface area contributed by atoms with Crippen LogP contribution < -0.4 is 0 Å². The van der Waals surface area contributed by atoms with E-state index in [4.69, 9.17) is 0 Å². The van der Waals surface area contributed by atoms with Gasteiger partial charge in [0.15, 0.2) is 0 Å². The molecule has 0 aliphatic carbocycles. The largest absolute Gasteiger partial charge is 0.347 e. The SMILES string of the molecule is C[C@H]1CN(Cc2cccc(F)c2)C[C@@]12CCN(CC(=O)N(C)C)C2=O. The molecule has 5 nitrogen and oxygen atoms in total. The summed E-state index contributed by atoms with van der Waals surface area (Å²) in [5.74, 6) is 0.0439. The number of rotatable bonds is 4. The first-order valence-electron chi connectivity index (χ1n) is 8.78. The number of benzene rings is 1. The van der Waals surface area contributed by atoms with E-state index in [1.807, 2.05) is 6.07 Å². The zero-order valence-corrected chi connectivity index (χ0v) is 15.2. The Hall–Kier alpha value is -1.95. The van der Waals surface area contributed by atoms with Gasteiger partial charge in [0, 0.05) is 40.3 Å². The first-order valence-corrected chi connectivity index (χ1v) is 8.78. The van der Waals surface area contributed by atoms with Gasteiger partial charge in [-0.25, -0.2) is 4.39 Å². The summed E-state index contributed by atoms with van der Waals surface area (Å²) < 4.78 is 13.4. The molecule has 0 aromatic heterocycles. The lowest BCUT2D eigenvalue weighted by atomic mass is 9.78. The maximum Gasteiger partial charge on any atom is 0.241 e. The van der Waals surface area contributed by atoms with Crippen molar-refractivity contribution in [2.24, 2.45) is 11.3 Å². The molecule has 25 heavy (non-hydrogen) atoms. The molecule has 2 saturated heterocycles. The highest BCUT2D eigenvalue weighted by atomic mass is 19.1. The molecule has 6 heteroatoms. The Morgan fingerprint density at radius 3 is 2.84 bits per heavy atom. The topological polar surface area (TPSA) is 43.9 Å². The van der Waals surface area contributed by atoms with E-state index < -0.39 is 5.41 Å². The molecule has 2 amide bonds. The van der Waals surface area contributed by atoms with Gasteiger partial charge < -0.3 is 9.80 Å². The van der Waals surface area contributed by atoms with Crippen LogP contribution in [0.15, 0.2) is 24.3 Å². The third-order valence-electron chi connectivity index (χ3n) is 5.64. The van der Waals surface area contributed by atoms with Gasteiger partial charge in [0.05, 0.1) is 12.0 Å². The summed E-state index contributed by atoms with van der Waals surface area (Å²) in [6, 6.07) is 6.62. The van der Waals surface area contributed by atoms with E-state index in [1.165, 1.54) is 11.0 Å². The number of hydrogen-bond acceptors (Lipinski definition) is 3. The molecule has 0 N–H and O–H groups in total. The lowest BCUT2D eigenvalue weighted by Crippen LogP contribution is -2.43. The van der Waals surface area contributed by atoms with Crippen molar-refractivity contribution in [3.63, 3.8) is 0 Å². The van der Waals surface area contributed by atoms with E-state index in [0.29, 0.717) is 19.6 Å². The highest BCUT2D eigenvalue weighted by Crippen LogP contribution is 2.45. The van der Waals surface area contributed by atoms with Crippen LogP contribution >= 0.6 is 0 Å². The van der Waals surface area contributed by atoms with Crippen LogP contribution in [-0.4, -0.2) is 66.8 Å². The number of likely N-dealkylation sites (N-methyl/N-ethyl adjacent to an activating group) is 1. The summed E-state index contributed by atoms with van der Waals surface area (Å²) in [5.41, 5.74) is 0.522. The summed E-state index contributed by atoms with van der Waals surface area (Å²) in [6.45, 7) is 5.04. The van der Waals surface area contributed by atoms with Crippen LogP contribution in [0, 0.1) is 17.2 Å². The van der Waals surface area contributed by atoms with Crippen LogP contribution in [0.2, 0.25) is 0 Å². The Morgan fingerprint density at radius 2 is 2.16 bits per heavy atom. The number of hydrogen-bond donors (Lipinski definition) is 0. The second-order valence-corrected chi connectivity index (χ2v) is 7.62. The molecule has 2 atom stereocenters. The molecule has 3 rings (SSSR count). The fourth-order valence-electron chi connectivity index (χ4n) is 4.11. The fourth-order valence-corrected chi connectivity index (χ4v) is 4.11. The molecule has 1 aromatic rings. The highest BCUT2D eigenvalue weighted by Gasteiger charge is 2.55. The van der Waals surface area contributed by atoms with E-state index in [-0.39, 0.29) is 30.1 Å². The lowest BCUT2D eigenvalue weighted by Gasteiger charge is -2.27. The zero-order valence-electron chi connectivity index (χ0n) is 15.2. The van der Waals surface area contributed by atoms with E-state index in [9.17, 15) is 14.0 Å². The van der Waals surface area contributed by atoms with Crippen LogP contribution in [0.5, 0.6) is 0 Å². The van der Waals surface area contributed by atoms with E-state index in [2.05, 4.69) is 11.8 Å². The second-order valence-electron chi connectivity index (χ2n) is 7.62. The van der Waals surface area contributed by atoms with Crippen LogP contribution in [0.4, 0.5) is 4.39 Å². The van der Waals surface area contributed by atoms with Crippen LogP contribution in [-0.2, 0) is 16.1 Å². The molecule has 136 valence electrons. The number of halogens is 1. The van der Waals surface area contributed by atoms with Gasteiger partial charge in [-0.3, -0.25) is 14.5 Å². The molecule has 1 aromatic carbocycles. The molecule has 0 saturated carbocycles. The molecule has 2 aliphatic rings. The molecule has 0 radical (unpaired) electrons. The Morgan fingerprint density at radius 1 is 1.40 bits per heavy atom.